The van der Waals surface area contributed by atoms with Crippen LogP contribution < -0.4 is 22.1 Å². The summed E-state index contributed by atoms with van der Waals surface area (Å²) in [5.74, 6) is 0. The van der Waals surface area contributed by atoms with Crippen LogP contribution in [0.5, 0.6) is 0 Å². The summed E-state index contributed by atoms with van der Waals surface area (Å²) in [4.78, 5) is 0. The van der Waals surface area contributed by atoms with E-state index in [1.165, 1.54) is 0 Å². The fraction of sp³-hybridized carbons (Fsp3) is 1.00. The molecule has 0 heterocycles. The second-order valence-electron chi connectivity index (χ2n) is 3.36. The Morgan fingerprint density at radius 1 is 0.917 bits per heavy atom. The van der Waals surface area contributed by atoms with Crippen molar-refractivity contribution in [2.24, 2.45) is 11.5 Å². The van der Waals surface area contributed by atoms with Gasteiger partial charge in [0, 0.05) is 38.3 Å². The summed E-state index contributed by atoms with van der Waals surface area (Å²) in [6.07, 6.45) is 0. The van der Waals surface area contributed by atoms with Crippen LogP contribution in [0.1, 0.15) is 13.8 Å². The SMILES string of the molecule is C[C@@H](N)CNCCNC[C@@H](C)N. The third-order valence-corrected chi connectivity index (χ3v) is 1.41. The van der Waals surface area contributed by atoms with Gasteiger partial charge in [0.05, 0.1) is 0 Å². The number of rotatable bonds is 7. The van der Waals surface area contributed by atoms with Crippen molar-refractivity contribution in [1.29, 1.82) is 0 Å². The van der Waals surface area contributed by atoms with Gasteiger partial charge in [0.1, 0.15) is 0 Å². The van der Waals surface area contributed by atoms with Gasteiger partial charge >= 0.3 is 0 Å². The zero-order valence-corrected chi connectivity index (χ0v) is 8.14. The van der Waals surface area contributed by atoms with Gasteiger partial charge in [0.25, 0.3) is 0 Å². The second-order valence-corrected chi connectivity index (χ2v) is 3.36. The summed E-state index contributed by atoms with van der Waals surface area (Å²) in [6, 6.07) is 0.469. The van der Waals surface area contributed by atoms with Gasteiger partial charge in [0.15, 0.2) is 0 Å². The third kappa shape index (κ3) is 9.84. The third-order valence-electron chi connectivity index (χ3n) is 1.41. The van der Waals surface area contributed by atoms with Crippen LogP contribution in [0.25, 0.3) is 0 Å². The Labute approximate surface area is 75.1 Å². The standard InChI is InChI=1S/C8H22N4/c1-7(9)5-11-3-4-12-6-8(2)10/h7-8,11-12H,3-6,9-10H2,1-2H3/t7-,8-/m1/s1. The smallest absolute Gasteiger partial charge is 0.0136 e. The van der Waals surface area contributed by atoms with E-state index < -0.39 is 0 Å². The molecule has 74 valence electrons. The van der Waals surface area contributed by atoms with E-state index in [-0.39, 0.29) is 12.1 Å². The Morgan fingerprint density at radius 2 is 1.25 bits per heavy atom. The maximum Gasteiger partial charge on any atom is 0.0136 e. The summed E-state index contributed by atoms with van der Waals surface area (Å²) in [6.45, 7) is 7.63. The predicted molar refractivity (Wildman–Crippen MR) is 53.0 cm³/mol. The van der Waals surface area contributed by atoms with Gasteiger partial charge in [-0.3, -0.25) is 0 Å². The van der Waals surface area contributed by atoms with Gasteiger partial charge in [-0.1, -0.05) is 0 Å². The van der Waals surface area contributed by atoms with Crippen molar-refractivity contribution in [1.82, 2.24) is 10.6 Å². The van der Waals surface area contributed by atoms with Crippen molar-refractivity contribution in [3.63, 3.8) is 0 Å². The molecule has 0 aromatic heterocycles. The topological polar surface area (TPSA) is 76.1 Å². The van der Waals surface area contributed by atoms with E-state index in [0.29, 0.717) is 0 Å². The van der Waals surface area contributed by atoms with Crippen LogP contribution in [0.3, 0.4) is 0 Å². The molecule has 0 aliphatic rings. The number of hydrogen-bond acceptors (Lipinski definition) is 4. The highest BCUT2D eigenvalue weighted by molar-refractivity contribution is 4.61. The average molecular weight is 174 g/mol. The molecule has 0 saturated heterocycles. The summed E-state index contributed by atoms with van der Waals surface area (Å²) in [5, 5.41) is 6.46. The lowest BCUT2D eigenvalue weighted by Gasteiger charge is -2.09. The lowest BCUT2D eigenvalue weighted by molar-refractivity contribution is 0.555. The normalized spacial score (nSPS) is 16.0. The molecule has 0 radical (unpaired) electrons. The Kier molecular flexibility index (Phi) is 7.39. The molecule has 0 aromatic carbocycles. The highest BCUT2D eigenvalue weighted by atomic mass is 15.0. The molecule has 0 spiro atoms. The van der Waals surface area contributed by atoms with Gasteiger partial charge in [0.2, 0.25) is 0 Å². The lowest BCUT2D eigenvalue weighted by Crippen LogP contribution is -2.38. The molecule has 0 fully saturated rings. The van der Waals surface area contributed by atoms with Crippen LogP contribution in [0.4, 0.5) is 0 Å². The molecule has 0 aromatic rings. The van der Waals surface area contributed by atoms with Gasteiger partial charge in [-0.05, 0) is 13.8 Å². The fourth-order valence-electron chi connectivity index (χ4n) is 0.836. The molecule has 0 amide bonds. The molecule has 4 nitrogen and oxygen atoms in total. The van der Waals surface area contributed by atoms with Crippen molar-refractivity contribution >= 4 is 0 Å². The molecule has 0 rings (SSSR count). The monoisotopic (exact) mass is 174 g/mol. The van der Waals surface area contributed by atoms with E-state index in [1.807, 2.05) is 13.8 Å². The van der Waals surface area contributed by atoms with E-state index in [1.54, 1.807) is 0 Å². The minimum Gasteiger partial charge on any atom is -0.327 e. The predicted octanol–water partition coefficient (Wildman–Crippen LogP) is -1.14. The summed E-state index contributed by atoms with van der Waals surface area (Å²) >= 11 is 0. The minimum absolute atomic E-state index is 0.235. The van der Waals surface area contributed by atoms with E-state index in [9.17, 15) is 0 Å². The van der Waals surface area contributed by atoms with E-state index in [4.69, 9.17) is 11.5 Å². The van der Waals surface area contributed by atoms with Crippen molar-refractivity contribution in [3.05, 3.63) is 0 Å². The molecule has 0 aliphatic carbocycles. The van der Waals surface area contributed by atoms with Crippen LogP contribution in [0.2, 0.25) is 0 Å². The first-order valence-electron chi connectivity index (χ1n) is 4.55. The first-order chi connectivity index (χ1) is 5.63. The van der Waals surface area contributed by atoms with Crippen LogP contribution in [-0.2, 0) is 0 Å². The summed E-state index contributed by atoms with van der Waals surface area (Å²) < 4.78 is 0. The number of nitrogens with two attached hydrogens (primary N) is 2. The Hall–Kier alpha value is -0.160. The molecule has 2 atom stereocenters. The second kappa shape index (κ2) is 7.49. The highest BCUT2D eigenvalue weighted by Gasteiger charge is 1.93. The van der Waals surface area contributed by atoms with Crippen LogP contribution in [0, 0.1) is 0 Å². The molecule has 12 heavy (non-hydrogen) atoms. The van der Waals surface area contributed by atoms with Crippen molar-refractivity contribution in [2.75, 3.05) is 26.2 Å². The van der Waals surface area contributed by atoms with E-state index >= 15 is 0 Å². The molecule has 0 saturated carbocycles. The van der Waals surface area contributed by atoms with E-state index in [2.05, 4.69) is 10.6 Å². The molecule has 0 bridgehead atoms. The van der Waals surface area contributed by atoms with Crippen LogP contribution >= 0.6 is 0 Å². The summed E-state index contributed by atoms with van der Waals surface area (Å²) in [7, 11) is 0. The van der Waals surface area contributed by atoms with Gasteiger partial charge in [-0.25, -0.2) is 0 Å². The highest BCUT2D eigenvalue weighted by Crippen LogP contribution is 1.70. The largest absolute Gasteiger partial charge is 0.327 e. The first kappa shape index (κ1) is 11.8. The lowest BCUT2D eigenvalue weighted by atomic mass is 10.3. The van der Waals surface area contributed by atoms with E-state index in [0.717, 1.165) is 26.2 Å². The van der Waals surface area contributed by atoms with Crippen LogP contribution in [-0.4, -0.2) is 38.3 Å². The Balaban J connectivity index is 2.91. The maximum absolute atomic E-state index is 5.55. The zero-order valence-electron chi connectivity index (χ0n) is 8.14. The fourth-order valence-corrected chi connectivity index (χ4v) is 0.836. The van der Waals surface area contributed by atoms with Crippen LogP contribution in [0.15, 0.2) is 0 Å². The molecule has 6 N–H and O–H groups in total. The van der Waals surface area contributed by atoms with Gasteiger partial charge in [-0.15, -0.1) is 0 Å². The molecular formula is C8H22N4. The zero-order chi connectivity index (χ0) is 9.40. The average Bonchev–Trinajstić information content (AvgIpc) is 1.95. The molecular weight excluding hydrogens is 152 g/mol. The molecule has 0 aliphatic heterocycles. The quantitative estimate of drug-likeness (QED) is 0.368. The maximum atomic E-state index is 5.55. The summed E-state index contributed by atoms with van der Waals surface area (Å²) in [5.41, 5.74) is 11.1. The Bertz CT molecular complexity index is 81.1. The first-order valence-corrected chi connectivity index (χ1v) is 4.55. The minimum atomic E-state index is 0.235. The van der Waals surface area contributed by atoms with Crippen molar-refractivity contribution in [2.45, 2.75) is 25.9 Å². The number of nitrogens with one attached hydrogen (secondary N) is 2. The Morgan fingerprint density at radius 3 is 1.50 bits per heavy atom. The van der Waals surface area contributed by atoms with Gasteiger partial charge < -0.3 is 22.1 Å². The van der Waals surface area contributed by atoms with Crippen molar-refractivity contribution < 1.29 is 0 Å². The molecule has 0 unspecified atom stereocenters. The number of hydrogen-bond donors (Lipinski definition) is 4. The van der Waals surface area contributed by atoms with Crippen molar-refractivity contribution in [3.8, 4) is 0 Å². The molecule has 4 heteroatoms. The van der Waals surface area contributed by atoms with Gasteiger partial charge in [-0.2, -0.15) is 0 Å².